The highest BCUT2D eigenvalue weighted by molar-refractivity contribution is 5.55. The van der Waals surface area contributed by atoms with E-state index in [4.69, 9.17) is 10.5 Å². The minimum Gasteiger partial charge on any atom is -0.383 e. The van der Waals surface area contributed by atoms with Crippen molar-refractivity contribution in [3.8, 4) is 11.4 Å². The lowest BCUT2D eigenvalue weighted by atomic mass is 10.1. The lowest BCUT2D eigenvalue weighted by Crippen LogP contribution is -2.05. The normalized spacial score (nSPS) is 10.8. The summed E-state index contributed by atoms with van der Waals surface area (Å²) in [6, 6.07) is 8.27. The number of nitrogens with zero attached hydrogens (tertiary/aromatic N) is 3. The standard InChI is InChI=1S/C13H18N4O/c1-18-9-8-17-10-15-16-13(17)12-4-2-11(3-5-12)6-7-14/h2-5,10H,6-9,14H2,1H3. The largest absolute Gasteiger partial charge is 0.383 e. The van der Waals surface area contributed by atoms with E-state index in [0.29, 0.717) is 13.2 Å². The van der Waals surface area contributed by atoms with E-state index in [1.54, 1.807) is 13.4 Å². The molecule has 0 fully saturated rings. The molecule has 0 spiro atoms. The van der Waals surface area contributed by atoms with Crippen molar-refractivity contribution in [3.05, 3.63) is 36.2 Å². The van der Waals surface area contributed by atoms with Gasteiger partial charge in [0, 0.05) is 19.2 Å². The number of hydrogen-bond acceptors (Lipinski definition) is 4. The summed E-state index contributed by atoms with van der Waals surface area (Å²) in [6.07, 6.45) is 2.62. The van der Waals surface area contributed by atoms with Gasteiger partial charge in [-0.2, -0.15) is 0 Å². The van der Waals surface area contributed by atoms with Gasteiger partial charge >= 0.3 is 0 Å². The molecule has 1 heterocycles. The third-order valence-electron chi connectivity index (χ3n) is 2.80. The van der Waals surface area contributed by atoms with Crippen molar-refractivity contribution < 1.29 is 4.74 Å². The Hall–Kier alpha value is -1.72. The van der Waals surface area contributed by atoms with Crippen molar-refractivity contribution in [1.82, 2.24) is 14.8 Å². The summed E-state index contributed by atoms with van der Waals surface area (Å²) in [5.74, 6) is 0.867. The molecule has 0 aliphatic rings. The van der Waals surface area contributed by atoms with Crippen LogP contribution in [0.4, 0.5) is 0 Å². The highest BCUT2D eigenvalue weighted by Crippen LogP contribution is 2.17. The first-order valence-corrected chi connectivity index (χ1v) is 6.01. The van der Waals surface area contributed by atoms with Crippen LogP contribution in [0.15, 0.2) is 30.6 Å². The van der Waals surface area contributed by atoms with E-state index < -0.39 is 0 Å². The first-order chi connectivity index (χ1) is 8.85. The maximum atomic E-state index is 5.53. The van der Waals surface area contributed by atoms with Crippen molar-refractivity contribution in [2.45, 2.75) is 13.0 Å². The summed E-state index contributed by atoms with van der Waals surface area (Å²) in [5, 5.41) is 8.10. The number of benzene rings is 1. The van der Waals surface area contributed by atoms with Crippen LogP contribution in [0.1, 0.15) is 5.56 Å². The second-order valence-electron chi connectivity index (χ2n) is 4.08. The molecule has 0 saturated carbocycles. The molecule has 2 rings (SSSR count). The summed E-state index contributed by atoms with van der Waals surface area (Å²) in [6.45, 7) is 2.07. The van der Waals surface area contributed by atoms with E-state index in [9.17, 15) is 0 Å². The Morgan fingerprint density at radius 3 is 2.72 bits per heavy atom. The van der Waals surface area contributed by atoms with E-state index in [1.165, 1.54) is 5.56 Å². The number of ether oxygens (including phenoxy) is 1. The van der Waals surface area contributed by atoms with Crippen LogP contribution in [0, 0.1) is 0 Å². The highest BCUT2D eigenvalue weighted by Gasteiger charge is 2.06. The fourth-order valence-electron chi connectivity index (χ4n) is 1.82. The van der Waals surface area contributed by atoms with Crippen molar-refractivity contribution in [2.75, 3.05) is 20.3 Å². The lowest BCUT2D eigenvalue weighted by Gasteiger charge is -2.06. The van der Waals surface area contributed by atoms with Crippen LogP contribution in [0.5, 0.6) is 0 Å². The predicted molar refractivity (Wildman–Crippen MR) is 70.1 cm³/mol. The molecule has 0 bridgehead atoms. The van der Waals surface area contributed by atoms with Gasteiger partial charge in [0.2, 0.25) is 0 Å². The molecule has 0 saturated heterocycles. The van der Waals surface area contributed by atoms with Gasteiger partial charge in [-0.25, -0.2) is 0 Å². The van der Waals surface area contributed by atoms with Crippen LogP contribution < -0.4 is 5.73 Å². The Kier molecular flexibility index (Phi) is 4.44. The molecule has 0 radical (unpaired) electrons. The van der Waals surface area contributed by atoms with Gasteiger partial charge in [0.05, 0.1) is 6.61 Å². The number of hydrogen-bond donors (Lipinski definition) is 1. The van der Waals surface area contributed by atoms with Gasteiger partial charge in [-0.05, 0) is 18.5 Å². The van der Waals surface area contributed by atoms with Gasteiger partial charge in [0.15, 0.2) is 5.82 Å². The molecule has 0 amide bonds. The van der Waals surface area contributed by atoms with Crippen molar-refractivity contribution >= 4 is 0 Å². The predicted octanol–water partition coefficient (Wildman–Crippen LogP) is 1.09. The van der Waals surface area contributed by atoms with Crippen LogP contribution >= 0.6 is 0 Å². The molecule has 18 heavy (non-hydrogen) atoms. The maximum absolute atomic E-state index is 5.53. The first-order valence-electron chi connectivity index (χ1n) is 6.01. The van der Waals surface area contributed by atoms with Crippen molar-refractivity contribution in [1.29, 1.82) is 0 Å². The lowest BCUT2D eigenvalue weighted by molar-refractivity contribution is 0.187. The van der Waals surface area contributed by atoms with Gasteiger partial charge in [0.1, 0.15) is 6.33 Å². The van der Waals surface area contributed by atoms with E-state index in [0.717, 1.165) is 24.4 Å². The summed E-state index contributed by atoms with van der Waals surface area (Å²) >= 11 is 0. The molecule has 5 heteroatoms. The smallest absolute Gasteiger partial charge is 0.163 e. The first kappa shape index (κ1) is 12.7. The second kappa shape index (κ2) is 6.28. The minimum absolute atomic E-state index is 0.649. The van der Waals surface area contributed by atoms with Crippen LogP contribution in [-0.4, -0.2) is 35.0 Å². The third-order valence-corrected chi connectivity index (χ3v) is 2.80. The van der Waals surface area contributed by atoms with E-state index in [1.807, 2.05) is 4.57 Å². The molecule has 0 atom stereocenters. The fraction of sp³-hybridized carbons (Fsp3) is 0.385. The Labute approximate surface area is 107 Å². The zero-order valence-electron chi connectivity index (χ0n) is 10.5. The van der Waals surface area contributed by atoms with Gasteiger partial charge in [-0.15, -0.1) is 10.2 Å². The van der Waals surface area contributed by atoms with Crippen LogP contribution in [0.3, 0.4) is 0 Å². The van der Waals surface area contributed by atoms with Gasteiger partial charge in [0.25, 0.3) is 0 Å². The molecular formula is C13H18N4O. The van der Waals surface area contributed by atoms with Gasteiger partial charge in [-0.3, -0.25) is 0 Å². The number of methoxy groups -OCH3 is 1. The Balaban J connectivity index is 2.17. The molecule has 96 valence electrons. The van der Waals surface area contributed by atoms with E-state index >= 15 is 0 Å². The van der Waals surface area contributed by atoms with Gasteiger partial charge in [-0.1, -0.05) is 24.3 Å². The monoisotopic (exact) mass is 246 g/mol. The van der Waals surface area contributed by atoms with Gasteiger partial charge < -0.3 is 15.0 Å². The van der Waals surface area contributed by atoms with E-state index in [2.05, 4.69) is 34.5 Å². The van der Waals surface area contributed by atoms with Crippen molar-refractivity contribution in [3.63, 3.8) is 0 Å². The molecular weight excluding hydrogens is 228 g/mol. The second-order valence-corrected chi connectivity index (χ2v) is 4.08. The van der Waals surface area contributed by atoms with Crippen LogP contribution in [0.25, 0.3) is 11.4 Å². The van der Waals surface area contributed by atoms with E-state index in [-0.39, 0.29) is 0 Å². The average molecular weight is 246 g/mol. The number of nitrogens with two attached hydrogens (primary N) is 1. The summed E-state index contributed by atoms with van der Waals surface area (Å²) in [7, 11) is 1.69. The maximum Gasteiger partial charge on any atom is 0.163 e. The summed E-state index contributed by atoms with van der Waals surface area (Å²) in [5.41, 5.74) is 7.83. The molecule has 5 nitrogen and oxygen atoms in total. The SMILES string of the molecule is COCCn1cnnc1-c1ccc(CCN)cc1. The molecule has 1 aromatic carbocycles. The molecule has 0 aliphatic carbocycles. The Morgan fingerprint density at radius 1 is 1.28 bits per heavy atom. The zero-order valence-corrected chi connectivity index (χ0v) is 10.5. The average Bonchev–Trinajstić information content (AvgIpc) is 2.86. The topological polar surface area (TPSA) is 66.0 Å². The number of aromatic nitrogens is 3. The molecule has 1 aromatic heterocycles. The summed E-state index contributed by atoms with van der Waals surface area (Å²) in [4.78, 5) is 0. The van der Waals surface area contributed by atoms with Crippen LogP contribution in [-0.2, 0) is 17.7 Å². The van der Waals surface area contributed by atoms with Crippen molar-refractivity contribution in [2.24, 2.45) is 5.73 Å². The fourth-order valence-corrected chi connectivity index (χ4v) is 1.82. The zero-order chi connectivity index (χ0) is 12.8. The quantitative estimate of drug-likeness (QED) is 0.828. The van der Waals surface area contributed by atoms with Crippen LogP contribution in [0.2, 0.25) is 0 Å². The summed E-state index contributed by atoms with van der Waals surface area (Å²) < 4.78 is 7.05. The minimum atomic E-state index is 0.649. The highest BCUT2D eigenvalue weighted by atomic mass is 16.5. The number of rotatable bonds is 6. The molecule has 0 aliphatic heterocycles. The third kappa shape index (κ3) is 2.94. The molecule has 2 N–H and O–H groups in total. The molecule has 2 aromatic rings. The Bertz CT molecular complexity index is 478. The molecule has 0 unspecified atom stereocenters. The Morgan fingerprint density at radius 2 is 2.06 bits per heavy atom.